The smallest absolute Gasteiger partial charge is 0.266 e. The summed E-state index contributed by atoms with van der Waals surface area (Å²) < 4.78 is 4.68. The summed E-state index contributed by atoms with van der Waals surface area (Å²) in [5.41, 5.74) is -0.233. The van der Waals surface area contributed by atoms with Crippen molar-refractivity contribution >= 4 is 6.29 Å². The highest BCUT2D eigenvalue weighted by Crippen LogP contribution is 2.26. The molecule has 0 amide bonds. The predicted octanol–water partition coefficient (Wildman–Crippen LogP) is -0.133. The van der Waals surface area contributed by atoms with Crippen LogP contribution >= 0.6 is 0 Å². The Morgan fingerprint density at radius 1 is 1.79 bits per heavy atom. The number of methoxy groups -OCH3 is 1. The van der Waals surface area contributed by atoms with Crippen LogP contribution in [0.5, 0.6) is 0 Å². The minimum absolute atomic E-state index is 0.233. The topological polar surface area (TPSA) is 89.7 Å². The van der Waals surface area contributed by atoms with Crippen LogP contribution in [-0.2, 0) is 9.53 Å². The first-order chi connectivity index (χ1) is 6.53. The van der Waals surface area contributed by atoms with Crippen LogP contribution in [-0.4, -0.2) is 29.2 Å². The molecule has 2 atom stereocenters. The monoisotopic (exact) mass is 199 g/mol. The number of aliphatic hydroxyl groups is 1. The zero-order valence-corrected chi connectivity index (χ0v) is 7.41. The van der Waals surface area contributed by atoms with Gasteiger partial charge in [-0.15, -0.1) is 0 Å². The molecule has 0 aliphatic heterocycles. The average molecular weight is 199 g/mol. The summed E-state index contributed by atoms with van der Waals surface area (Å²) in [6.07, 6.45) is 3.64. The number of allylic oxidation sites excluding steroid dienone is 1. The summed E-state index contributed by atoms with van der Waals surface area (Å²) in [5, 5.41) is 20.0. The fourth-order valence-corrected chi connectivity index (χ4v) is 1.14. The molecule has 0 saturated heterocycles. The highest BCUT2D eigenvalue weighted by Gasteiger charge is 2.37. The Morgan fingerprint density at radius 2 is 2.43 bits per heavy atom. The van der Waals surface area contributed by atoms with Crippen molar-refractivity contribution in [3.63, 3.8) is 0 Å². The molecule has 0 saturated carbocycles. The van der Waals surface area contributed by atoms with E-state index in [1.807, 2.05) is 0 Å². The van der Waals surface area contributed by atoms with Crippen LogP contribution in [0.1, 0.15) is 0 Å². The number of rotatable bonds is 3. The van der Waals surface area contributed by atoms with Gasteiger partial charge in [0.2, 0.25) is 0 Å². The molecule has 1 N–H and O–H groups in total. The Labute approximate surface area is 79.6 Å². The molecule has 0 bridgehead atoms. The molecule has 1 aliphatic carbocycles. The number of nitrogens with zero attached hydrogens (tertiary/aromatic N) is 1. The van der Waals surface area contributed by atoms with Gasteiger partial charge in [-0.05, 0) is 6.08 Å². The quantitative estimate of drug-likeness (QED) is 0.296. The van der Waals surface area contributed by atoms with Gasteiger partial charge in [0.05, 0.1) is 10.8 Å². The lowest BCUT2D eigenvalue weighted by Gasteiger charge is -2.27. The molecule has 0 aromatic heterocycles. The number of ether oxygens (including phenoxy) is 1. The number of hydrogen-bond donors (Lipinski definition) is 1. The van der Waals surface area contributed by atoms with Crippen LogP contribution in [0.3, 0.4) is 0 Å². The molecule has 0 spiro atoms. The first-order valence-electron chi connectivity index (χ1n) is 3.82. The van der Waals surface area contributed by atoms with Gasteiger partial charge in [0.15, 0.2) is 5.79 Å². The normalized spacial score (nSPS) is 31.0. The van der Waals surface area contributed by atoms with Gasteiger partial charge in [0.1, 0.15) is 6.29 Å². The second-order valence-corrected chi connectivity index (χ2v) is 2.80. The largest absolute Gasteiger partial charge is 0.361 e. The van der Waals surface area contributed by atoms with Crippen LogP contribution in [0.2, 0.25) is 0 Å². The zero-order chi connectivity index (χ0) is 10.8. The second-order valence-electron chi connectivity index (χ2n) is 2.80. The molecule has 1 aliphatic rings. The third kappa shape index (κ3) is 1.70. The minimum atomic E-state index is -1.78. The maximum Gasteiger partial charge on any atom is 0.266 e. The van der Waals surface area contributed by atoms with E-state index in [2.05, 4.69) is 4.74 Å². The Hall–Kier alpha value is -1.53. The number of carbonyl (C=O) groups excluding carboxylic acids is 1. The molecule has 0 heterocycles. The number of nitro groups is 1. The van der Waals surface area contributed by atoms with Gasteiger partial charge in [-0.25, -0.2) is 0 Å². The molecular weight excluding hydrogens is 190 g/mol. The van der Waals surface area contributed by atoms with Crippen molar-refractivity contribution in [1.82, 2.24) is 0 Å². The molecule has 0 radical (unpaired) electrons. The van der Waals surface area contributed by atoms with Crippen molar-refractivity contribution in [2.45, 2.75) is 5.79 Å². The molecule has 14 heavy (non-hydrogen) atoms. The Kier molecular flexibility index (Phi) is 2.78. The minimum Gasteiger partial charge on any atom is -0.361 e. The van der Waals surface area contributed by atoms with Crippen LogP contribution in [0.4, 0.5) is 0 Å². The van der Waals surface area contributed by atoms with Crippen molar-refractivity contribution in [3.8, 4) is 0 Å². The lowest BCUT2D eigenvalue weighted by atomic mass is 9.94. The lowest BCUT2D eigenvalue weighted by Crippen LogP contribution is -2.39. The molecule has 0 aromatic rings. The molecule has 6 nitrogen and oxygen atoms in total. The van der Waals surface area contributed by atoms with Crippen LogP contribution < -0.4 is 0 Å². The average Bonchev–Trinajstić information content (AvgIpc) is 2.18. The predicted molar refractivity (Wildman–Crippen MR) is 45.7 cm³/mol. The van der Waals surface area contributed by atoms with Crippen molar-refractivity contribution in [2.75, 3.05) is 7.11 Å². The first kappa shape index (κ1) is 10.6. The molecule has 2 unspecified atom stereocenters. The van der Waals surface area contributed by atoms with E-state index in [1.54, 1.807) is 0 Å². The third-order valence-corrected chi connectivity index (χ3v) is 2.01. The maximum atomic E-state index is 10.6. The molecule has 1 rings (SSSR count). The van der Waals surface area contributed by atoms with Crippen molar-refractivity contribution in [3.05, 3.63) is 34.0 Å². The van der Waals surface area contributed by atoms with Gasteiger partial charge in [-0.3, -0.25) is 10.1 Å². The van der Waals surface area contributed by atoms with E-state index >= 15 is 0 Å². The molecule has 0 aromatic carbocycles. The molecule has 76 valence electrons. The Balaban J connectivity index is 3.02. The lowest BCUT2D eigenvalue weighted by molar-refractivity contribution is -0.420. The van der Waals surface area contributed by atoms with Crippen molar-refractivity contribution in [1.29, 1.82) is 0 Å². The van der Waals surface area contributed by atoms with Gasteiger partial charge in [-0.1, -0.05) is 0 Å². The maximum absolute atomic E-state index is 10.6. The second kappa shape index (κ2) is 3.69. The van der Waals surface area contributed by atoms with E-state index in [-0.39, 0.29) is 5.70 Å². The van der Waals surface area contributed by atoms with Gasteiger partial charge in [0, 0.05) is 19.3 Å². The van der Waals surface area contributed by atoms with Crippen LogP contribution in [0, 0.1) is 16.0 Å². The third-order valence-electron chi connectivity index (χ3n) is 2.01. The summed E-state index contributed by atoms with van der Waals surface area (Å²) in [7, 11) is 1.21. The van der Waals surface area contributed by atoms with E-state index in [4.69, 9.17) is 0 Å². The van der Waals surface area contributed by atoms with E-state index in [0.29, 0.717) is 6.29 Å². The van der Waals surface area contributed by atoms with Gasteiger partial charge in [0.25, 0.3) is 5.70 Å². The highest BCUT2D eigenvalue weighted by molar-refractivity contribution is 5.60. The van der Waals surface area contributed by atoms with E-state index in [0.717, 1.165) is 18.2 Å². The number of carbonyl (C=O) groups is 1. The molecule has 6 heteroatoms. The Bertz CT molecular complexity index is 322. The van der Waals surface area contributed by atoms with Gasteiger partial charge in [-0.2, -0.15) is 0 Å². The van der Waals surface area contributed by atoms with Crippen molar-refractivity contribution < 1.29 is 19.6 Å². The SMILES string of the molecule is COC1(O)C=CC([N+](=O)[O-])=CC1C=O. The summed E-state index contributed by atoms with van der Waals surface area (Å²) in [4.78, 5) is 20.3. The van der Waals surface area contributed by atoms with E-state index < -0.39 is 16.6 Å². The van der Waals surface area contributed by atoms with Crippen LogP contribution in [0.15, 0.2) is 23.9 Å². The summed E-state index contributed by atoms with van der Waals surface area (Å²) in [5.74, 6) is -2.83. The van der Waals surface area contributed by atoms with Gasteiger partial charge >= 0.3 is 0 Å². The summed E-state index contributed by atoms with van der Waals surface area (Å²) in [6.45, 7) is 0. The van der Waals surface area contributed by atoms with Gasteiger partial charge < -0.3 is 14.6 Å². The Morgan fingerprint density at radius 3 is 2.86 bits per heavy atom. The summed E-state index contributed by atoms with van der Waals surface area (Å²) >= 11 is 0. The number of aldehydes is 1. The zero-order valence-electron chi connectivity index (χ0n) is 7.41. The van der Waals surface area contributed by atoms with E-state index in [1.165, 1.54) is 7.11 Å². The van der Waals surface area contributed by atoms with E-state index in [9.17, 15) is 20.0 Å². The fourth-order valence-electron chi connectivity index (χ4n) is 1.14. The number of hydrogen-bond acceptors (Lipinski definition) is 5. The summed E-state index contributed by atoms with van der Waals surface area (Å²) in [6, 6.07) is 0. The highest BCUT2D eigenvalue weighted by atomic mass is 16.6. The molecule has 0 fully saturated rings. The fraction of sp³-hybridized carbons (Fsp3) is 0.375. The van der Waals surface area contributed by atoms with Crippen LogP contribution in [0.25, 0.3) is 0 Å². The van der Waals surface area contributed by atoms with Crippen molar-refractivity contribution in [2.24, 2.45) is 5.92 Å². The standard InChI is InChI=1S/C8H9NO5/c1-14-8(11)3-2-7(9(12)13)4-6(8)5-10/h2-6,11H,1H3. The first-order valence-corrected chi connectivity index (χ1v) is 3.82. The molecular formula is C8H9NO5.